The molecule has 25 heavy (non-hydrogen) atoms. The minimum Gasteiger partial charge on any atom is -0.408 e. The number of rotatable bonds is 4. The van der Waals surface area contributed by atoms with Gasteiger partial charge >= 0.3 is 5.76 Å². The first-order chi connectivity index (χ1) is 12.0. The number of nitrogens with zero attached hydrogens (tertiary/aromatic N) is 1. The molecule has 2 heterocycles. The smallest absolute Gasteiger partial charge is 0.408 e. The number of aromatic nitrogens is 1. The third-order valence-electron chi connectivity index (χ3n) is 4.81. The molecule has 6 nitrogen and oxygen atoms in total. The van der Waals surface area contributed by atoms with E-state index in [4.69, 9.17) is 4.42 Å². The molecule has 0 radical (unpaired) electrons. The molecule has 4 rings (SSSR count). The number of thiophene rings is 1. The molecule has 0 unspecified atom stereocenters. The van der Waals surface area contributed by atoms with Crippen LogP contribution in [0.5, 0.6) is 0 Å². The summed E-state index contributed by atoms with van der Waals surface area (Å²) < 4.78 is 6.48. The van der Waals surface area contributed by atoms with Gasteiger partial charge in [0.15, 0.2) is 5.58 Å². The normalized spacial score (nSPS) is 21.0. The van der Waals surface area contributed by atoms with E-state index in [1.165, 1.54) is 4.57 Å². The molecular formula is C18H18N2O4S. The van der Waals surface area contributed by atoms with Crippen LogP contribution in [0.4, 0.5) is 0 Å². The topological polar surface area (TPSA) is 84.5 Å². The fourth-order valence-corrected chi connectivity index (χ4v) is 4.15. The van der Waals surface area contributed by atoms with Crippen LogP contribution in [-0.2, 0) is 7.05 Å². The summed E-state index contributed by atoms with van der Waals surface area (Å²) in [5.41, 5.74) is 1.52. The second-order valence-corrected chi connectivity index (χ2v) is 7.44. The fourth-order valence-electron chi connectivity index (χ4n) is 3.28. The molecule has 2 N–H and O–H groups in total. The van der Waals surface area contributed by atoms with Crippen molar-refractivity contribution in [3.05, 3.63) is 56.7 Å². The number of hydrogen-bond acceptors (Lipinski definition) is 5. The number of aryl methyl sites for hydroxylation is 1. The quantitative estimate of drug-likeness (QED) is 0.750. The first-order valence-electron chi connectivity index (χ1n) is 8.15. The van der Waals surface area contributed by atoms with E-state index >= 15 is 0 Å². The lowest BCUT2D eigenvalue weighted by atomic mass is 9.76. The number of carbonyl (C=O) groups excluding carboxylic acids is 1. The summed E-state index contributed by atoms with van der Waals surface area (Å²) in [5.74, 6) is -0.414. The maximum Gasteiger partial charge on any atom is 0.419 e. The molecule has 1 atom stereocenters. The van der Waals surface area contributed by atoms with Crippen LogP contribution in [-0.4, -0.2) is 21.7 Å². The largest absolute Gasteiger partial charge is 0.419 e. The highest BCUT2D eigenvalue weighted by Crippen LogP contribution is 2.39. The van der Waals surface area contributed by atoms with Gasteiger partial charge in [0.2, 0.25) is 0 Å². The van der Waals surface area contributed by atoms with Gasteiger partial charge in [-0.2, -0.15) is 0 Å². The van der Waals surface area contributed by atoms with Gasteiger partial charge in [-0.3, -0.25) is 9.36 Å². The number of carbonyl (C=O) groups is 1. The fraction of sp³-hybridized carbons (Fsp3) is 0.333. The molecule has 0 saturated heterocycles. The average molecular weight is 358 g/mol. The molecule has 0 spiro atoms. The molecular weight excluding hydrogens is 340 g/mol. The van der Waals surface area contributed by atoms with E-state index in [2.05, 4.69) is 5.32 Å². The standard InChI is InChI=1S/C18H18N2O4S/c1-20-13-9-10(4-5-14(13)24-18(20)23)17(22)19-16(11-7-12(21)8-11)15-3-2-6-25-15/h2-6,9,11-12,16,21H,7-8H2,1H3,(H,19,22)/t11?,12?,16-/m0/s1. The molecule has 7 heteroatoms. The van der Waals surface area contributed by atoms with Gasteiger partial charge in [-0.05, 0) is 48.4 Å². The van der Waals surface area contributed by atoms with Crippen molar-refractivity contribution in [3.8, 4) is 0 Å². The van der Waals surface area contributed by atoms with Crippen molar-refractivity contribution in [1.29, 1.82) is 0 Å². The number of fused-ring (bicyclic) bond motifs is 1. The van der Waals surface area contributed by atoms with Gasteiger partial charge in [0.25, 0.3) is 5.91 Å². The Morgan fingerprint density at radius 1 is 1.40 bits per heavy atom. The lowest BCUT2D eigenvalue weighted by Crippen LogP contribution is -2.41. The number of aliphatic hydroxyl groups excluding tert-OH is 1. The summed E-state index contributed by atoms with van der Waals surface area (Å²) in [7, 11) is 1.61. The third-order valence-corrected chi connectivity index (χ3v) is 5.77. The minimum absolute atomic E-state index is 0.111. The van der Waals surface area contributed by atoms with Crippen LogP contribution in [0, 0.1) is 5.92 Å². The molecule has 1 amide bonds. The van der Waals surface area contributed by atoms with Crippen molar-refractivity contribution in [2.45, 2.75) is 25.0 Å². The third kappa shape index (κ3) is 2.89. The zero-order valence-corrected chi connectivity index (χ0v) is 14.5. The Kier molecular flexibility index (Phi) is 3.97. The number of hydrogen-bond donors (Lipinski definition) is 2. The molecule has 130 valence electrons. The number of amides is 1. The van der Waals surface area contributed by atoms with Crippen LogP contribution in [0.1, 0.15) is 34.1 Å². The van der Waals surface area contributed by atoms with Gasteiger partial charge in [0.05, 0.1) is 17.7 Å². The highest BCUT2D eigenvalue weighted by atomic mass is 32.1. The predicted octanol–water partition coefficient (Wildman–Crippen LogP) is 2.44. The number of benzene rings is 1. The van der Waals surface area contributed by atoms with Crippen LogP contribution >= 0.6 is 11.3 Å². The van der Waals surface area contributed by atoms with E-state index in [0.29, 0.717) is 29.5 Å². The maximum atomic E-state index is 12.8. The lowest BCUT2D eigenvalue weighted by Gasteiger charge is -2.37. The monoisotopic (exact) mass is 358 g/mol. The second kappa shape index (κ2) is 6.16. The summed E-state index contributed by atoms with van der Waals surface area (Å²) in [6.45, 7) is 0. The zero-order chi connectivity index (χ0) is 17.6. The van der Waals surface area contributed by atoms with Crippen LogP contribution in [0.15, 0.2) is 44.9 Å². The Labute approximate surface area is 147 Å². The van der Waals surface area contributed by atoms with E-state index in [1.54, 1.807) is 36.6 Å². The summed E-state index contributed by atoms with van der Waals surface area (Å²) >= 11 is 1.60. The summed E-state index contributed by atoms with van der Waals surface area (Å²) in [6, 6.07) is 8.81. The van der Waals surface area contributed by atoms with Crippen molar-refractivity contribution in [2.75, 3.05) is 0 Å². The van der Waals surface area contributed by atoms with E-state index in [1.807, 2.05) is 17.5 Å². The maximum absolute atomic E-state index is 12.8. The van der Waals surface area contributed by atoms with Crippen molar-refractivity contribution in [1.82, 2.24) is 9.88 Å². The van der Waals surface area contributed by atoms with E-state index in [-0.39, 0.29) is 24.0 Å². The Hall–Kier alpha value is -2.38. The first-order valence-corrected chi connectivity index (χ1v) is 9.03. The first kappa shape index (κ1) is 16.1. The molecule has 3 aromatic rings. The van der Waals surface area contributed by atoms with Crippen molar-refractivity contribution < 1.29 is 14.3 Å². The Bertz CT molecular complexity index is 967. The minimum atomic E-state index is -0.451. The van der Waals surface area contributed by atoms with Crippen molar-refractivity contribution >= 4 is 28.3 Å². The molecule has 0 aliphatic heterocycles. The average Bonchev–Trinajstić information content (AvgIpc) is 3.19. The van der Waals surface area contributed by atoms with Gasteiger partial charge in [-0.1, -0.05) is 6.07 Å². The zero-order valence-electron chi connectivity index (χ0n) is 13.6. The van der Waals surface area contributed by atoms with Crippen LogP contribution in [0.3, 0.4) is 0 Å². The van der Waals surface area contributed by atoms with Crippen molar-refractivity contribution in [3.63, 3.8) is 0 Å². The number of aliphatic hydroxyl groups is 1. The number of oxazole rings is 1. The Morgan fingerprint density at radius 2 is 2.20 bits per heavy atom. The summed E-state index contributed by atoms with van der Waals surface area (Å²) in [5, 5.41) is 14.7. The van der Waals surface area contributed by atoms with Gasteiger partial charge < -0.3 is 14.8 Å². The van der Waals surface area contributed by atoms with E-state index in [0.717, 1.165) is 4.88 Å². The highest BCUT2D eigenvalue weighted by molar-refractivity contribution is 7.10. The molecule has 1 aliphatic rings. The highest BCUT2D eigenvalue weighted by Gasteiger charge is 2.36. The molecule has 1 aromatic carbocycles. The predicted molar refractivity (Wildman–Crippen MR) is 94.7 cm³/mol. The molecule has 1 saturated carbocycles. The second-order valence-electron chi connectivity index (χ2n) is 6.46. The Morgan fingerprint density at radius 3 is 2.88 bits per heavy atom. The Balaban J connectivity index is 1.61. The molecule has 1 aliphatic carbocycles. The van der Waals surface area contributed by atoms with Crippen LogP contribution in [0.2, 0.25) is 0 Å². The lowest BCUT2D eigenvalue weighted by molar-refractivity contribution is 0.0241. The van der Waals surface area contributed by atoms with Crippen LogP contribution in [0.25, 0.3) is 11.1 Å². The molecule has 0 bridgehead atoms. The summed E-state index contributed by atoms with van der Waals surface area (Å²) in [6.07, 6.45) is 1.11. The SMILES string of the molecule is Cn1c(=O)oc2ccc(C(=O)N[C@H](c3cccs3)C3CC(O)C3)cc21. The van der Waals surface area contributed by atoms with Gasteiger partial charge in [-0.25, -0.2) is 4.79 Å². The van der Waals surface area contributed by atoms with Crippen molar-refractivity contribution in [2.24, 2.45) is 13.0 Å². The molecule has 1 fully saturated rings. The summed E-state index contributed by atoms with van der Waals surface area (Å²) in [4.78, 5) is 25.4. The number of nitrogens with one attached hydrogen (secondary N) is 1. The van der Waals surface area contributed by atoms with Gasteiger partial charge in [0, 0.05) is 17.5 Å². The van der Waals surface area contributed by atoms with E-state index < -0.39 is 5.76 Å². The molecule has 2 aromatic heterocycles. The van der Waals surface area contributed by atoms with Gasteiger partial charge in [-0.15, -0.1) is 11.3 Å². The van der Waals surface area contributed by atoms with Crippen LogP contribution < -0.4 is 11.1 Å². The van der Waals surface area contributed by atoms with E-state index in [9.17, 15) is 14.7 Å². The van der Waals surface area contributed by atoms with Gasteiger partial charge in [0.1, 0.15) is 0 Å².